The molecule has 3 heterocycles. The van der Waals surface area contributed by atoms with E-state index in [1.54, 1.807) is 6.20 Å². The first-order valence-corrected chi connectivity index (χ1v) is 14.6. The zero-order valence-electron chi connectivity index (χ0n) is 24.4. The van der Waals surface area contributed by atoms with Crippen LogP contribution in [0.15, 0.2) is 42.4 Å². The fourth-order valence-corrected chi connectivity index (χ4v) is 6.25. The molecule has 2 aromatic heterocycles. The van der Waals surface area contributed by atoms with Gasteiger partial charge in [0.1, 0.15) is 0 Å². The van der Waals surface area contributed by atoms with E-state index in [-0.39, 0.29) is 49.0 Å². The van der Waals surface area contributed by atoms with E-state index in [1.165, 1.54) is 53.7 Å². The Bertz CT molecular complexity index is 1300. The molecule has 1 radical (unpaired) electrons. The molecule has 6 heteroatoms. The molecule has 1 aromatic carbocycles. The van der Waals surface area contributed by atoms with Crippen LogP contribution in [0.5, 0.6) is 0 Å². The van der Waals surface area contributed by atoms with Gasteiger partial charge in [0.15, 0.2) is 5.78 Å². The minimum absolute atomic E-state index is 0. The summed E-state index contributed by atoms with van der Waals surface area (Å²) in [6, 6.07) is 10.2. The number of nitrogens with zero attached hydrogens (tertiary/aromatic N) is 3. The van der Waals surface area contributed by atoms with Gasteiger partial charge in [0.25, 0.3) is 0 Å². The predicted octanol–water partition coefficient (Wildman–Crippen LogP) is 8.52. The molecule has 1 aliphatic heterocycles. The van der Waals surface area contributed by atoms with Crippen LogP contribution in [-0.2, 0) is 30.4 Å². The third-order valence-electron chi connectivity index (χ3n) is 8.79. The molecule has 1 saturated carbocycles. The number of carbonyl (C=O) groups is 1. The summed E-state index contributed by atoms with van der Waals surface area (Å²) in [6.45, 7) is 12.6. The van der Waals surface area contributed by atoms with Crippen LogP contribution in [0, 0.1) is 17.9 Å². The Morgan fingerprint density at radius 1 is 1.10 bits per heavy atom. The van der Waals surface area contributed by atoms with Crippen molar-refractivity contribution in [2.75, 3.05) is 0 Å². The van der Waals surface area contributed by atoms with Crippen LogP contribution in [0.25, 0.3) is 22.2 Å². The third-order valence-corrected chi connectivity index (χ3v) is 8.79. The van der Waals surface area contributed by atoms with Crippen molar-refractivity contribution in [2.45, 2.75) is 104 Å². The standard InChI is InChI=1S/C20H20N3.C13H24O2.Ir/c1-20(2)16-12-15(13-5-3-4-6-13)11-14-7-9-21-19(18(14)16)17-8-10-22-23(17)20;1-5-10(6-2)12(14)9-13(15)11(7-3)8-4;/h7,9-13H,3-6H2,1-2H3;9-11,14H,5-8H2,1-4H3;/q-1;;/b;12-9-;. The Morgan fingerprint density at radius 2 is 1.74 bits per heavy atom. The molecule has 213 valence electrons. The number of aliphatic hydroxyl groups excluding tert-OH is 1. The molecule has 1 aliphatic carbocycles. The van der Waals surface area contributed by atoms with E-state index in [0.29, 0.717) is 5.92 Å². The molecule has 0 atom stereocenters. The molecule has 0 amide bonds. The Kier molecular flexibility index (Phi) is 10.7. The Hall–Kier alpha value is -2.30. The zero-order valence-corrected chi connectivity index (χ0v) is 26.8. The SMILES string of the molecule is CC1(C)c2cc(C3CCCC3)cc3ccnc(c23)-c2[c-]cnn21.CCC(CC)C(=O)/C=C(\O)C(CC)CC.[Ir]. The summed E-state index contributed by atoms with van der Waals surface area (Å²) in [4.78, 5) is 16.4. The number of carbonyl (C=O) groups excluding carboxylic acids is 1. The fraction of sp³-hybridized carbons (Fsp3) is 0.545. The Balaban J connectivity index is 0.000000233. The largest absolute Gasteiger partial charge is 0.512 e. The van der Waals surface area contributed by atoms with E-state index >= 15 is 0 Å². The van der Waals surface area contributed by atoms with E-state index in [0.717, 1.165) is 37.1 Å². The van der Waals surface area contributed by atoms with E-state index < -0.39 is 0 Å². The quantitative estimate of drug-likeness (QED) is 0.145. The summed E-state index contributed by atoms with van der Waals surface area (Å²) in [7, 11) is 0. The van der Waals surface area contributed by atoms with Gasteiger partial charge in [-0.05, 0) is 87.1 Å². The van der Waals surface area contributed by atoms with E-state index in [1.807, 2.05) is 33.9 Å². The van der Waals surface area contributed by atoms with Crippen molar-refractivity contribution in [1.82, 2.24) is 14.8 Å². The van der Waals surface area contributed by atoms with Crippen LogP contribution in [0.4, 0.5) is 0 Å². The Labute approximate surface area is 247 Å². The monoisotopic (exact) mass is 707 g/mol. The molecular formula is C33H44IrN3O2-. The fourth-order valence-electron chi connectivity index (χ4n) is 6.25. The summed E-state index contributed by atoms with van der Waals surface area (Å²) >= 11 is 0. The summed E-state index contributed by atoms with van der Waals surface area (Å²) in [5, 5.41) is 16.9. The normalized spacial score (nSPS) is 16.2. The maximum absolute atomic E-state index is 11.7. The van der Waals surface area contributed by atoms with Crippen molar-refractivity contribution in [2.24, 2.45) is 11.8 Å². The minimum Gasteiger partial charge on any atom is -0.512 e. The first-order valence-electron chi connectivity index (χ1n) is 14.6. The Morgan fingerprint density at radius 3 is 2.36 bits per heavy atom. The molecule has 1 fully saturated rings. The first kappa shape index (κ1) is 31.2. The van der Waals surface area contributed by atoms with Crippen LogP contribution in [0.2, 0.25) is 0 Å². The van der Waals surface area contributed by atoms with Crippen molar-refractivity contribution < 1.29 is 30.0 Å². The molecular weight excluding hydrogens is 663 g/mol. The predicted molar refractivity (Wildman–Crippen MR) is 155 cm³/mol. The van der Waals surface area contributed by atoms with Crippen molar-refractivity contribution in [3.63, 3.8) is 0 Å². The third kappa shape index (κ3) is 6.23. The topological polar surface area (TPSA) is 68.0 Å². The average molecular weight is 707 g/mol. The van der Waals surface area contributed by atoms with Crippen LogP contribution in [-0.4, -0.2) is 25.7 Å². The molecule has 3 aromatic rings. The summed E-state index contributed by atoms with van der Waals surface area (Å²) < 4.78 is 2.08. The van der Waals surface area contributed by atoms with Crippen LogP contribution < -0.4 is 0 Å². The molecule has 39 heavy (non-hydrogen) atoms. The van der Waals surface area contributed by atoms with E-state index in [2.05, 4.69) is 52.9 Å². The van der Waals surface area contributed by atoms with Crippen LogP contribution in [0.1, 0.15) is 110 Å². The molecule has 0 spiro atoms. The van der Waals surface area contributed by atoms with Gasteiger partial charge in [0.2, 0.25) is 0 Å². The van der Waals surface area contributed by atoms with Gasteiger partial charge in [-0.3, -0.25) is 9.48 Å². The second kappa shape index (κ2) is 13.4. The van der Waals surface area contributed by atoms with Gasteiger partial charge >= 0.3 is 0 Å². The number of aromatic nitrogens is 3. The number of rotatable bonds is 8. The summed E-state index contributed by atoms with van der Waals surface area (Å²) in [6.07, 6.45) is 14.0. The van der Waals surface area contributed by atoms with Crippen LogP contribution >= 0.6 is 0 Å². The number of ketones is 1. The number of aliphatic hydroxyl groups is 1. The number of pyridine rings is 1. The number of benzene rings is 1. The number of hydrogen-bond donors (Lipinski definition) is 1. The number of fused-ring (bicyclic) bond motifs is 2. The van der Waals surface area contributed by atoms with Gasteiger partial charge in [-0.1, -0.05) is 69.4 Å². The number of hydrogen-bond acceptors (Lipinski definition) is 4. The smallest absolute Gasteiger partial charge is 0.162 e. The van der Waals surface area contributed by atoms with Gasteiger partial charge in [-0.2, -0.15) is 0 Å². The summed E-state index contributed by atoms with van der Waals surface area (Å²) in [5.74, 6) is 1.26. The van der Waals surface area contributed by atoms with Crippen molar-refractivity contribution in [3.8, 4) is 11.4 Å². The van der Waals surface area contributed by atoms with Gasteiger partial charge < -0.3 is 10.1 Å². The molecule has 0 saturated heterocycles. The zero-order chi connectivity index (χ0) is 27.4. The molecule has 2 aliphatic rings. The molecule has 5 nitrogen and oxygen atoms in total. The second-order valence-electron chi connectivity index (χ2n) is 11.4. The van der Waals surface area contributed by atoms with E-state index in [9.17, 15) is 9.90 Å². The van der Waals surface area contributed by atoms with Crippen molar-refractivity contribution in [3.05, 3.63) is 59.6 Å². The molecule has 0 bridgehead atoms. The maximum atomic E-state index is 11.7. The van der Waals surface area contributed by atoms with Crippen molar-refractivity contribution >= 4 is 16.6 Å². The number of allylic oxidation sites excluding steroid dienone is 2. The minimum atomic E-state index is -0.168. The van der Waals surface area contributed by atoms with Gasteiger partial charge in [-0.15, -0.1) is 0 Å². The van der Waals surface area contributed by atoms with E-state index in [4.69, 9.17) is 0 Å². The molecule has 5 rings (SSSR count). The second-order valence-corrected chi connectivity index (χ2v) is 11.4. The van der Waals surface area contributed by atoms with Gasteiger partial charge in [0, 0.05) is 44.2 Å². The molecule has 1 N–H and O–H groups in total. The van der Waals surface area contributed by atoms with Gasteiger partial charge in [0.05, 0.1) is 11.3 Å². The van der Waals surface area contributed by atoms with Crippen LogP contribution in [0.3, 0.4) is 0 Å². The van der Waals surface area contributed by atoms with Gasteiger partial charge in [-0.25, -0.2) is 11.2 Å². The average Bonchev–Trinajstić information content (AvgIpc) is 3.62. The van der Waals surface area contributed by atoms with Crippen molar-refractivity contribution in [1.29, 1.82) is 0 Å². The maximum Gasteiger partial charge on any atom is 0.162 e. The molecule has 0 unspecified atom stereocenters. The summed E-state index contributed by atoms with van der Waals surface area (Å²) in [5.41, 5.74) is 4.70. The first-order chi connectivity index (χ1) is 18.3.